The molecule has 80 valence electrons. The van der Waals surface area contributed by atoms with Crippen molar-refractivity contribution in [1.82, 2.24) is 10.6 Å². The number of hydrogen-bond acceptors (Lipinski definition) is 2. The highest BCUT2D eigenvalue weighted by Crippen LogP contribution is 1.90. The van der Waals surface area contributed by atoms with Gasteiger partial charge >= 0.3 is 0 Å². The molecule has 0 fully saturated rings. The van der Waals surface area contributed by atoms with Crippen molar-refractivity contribution in [2.24, 2.45) is 0 Å². The van der Waals surface area contributed by atoms with Crippen molar-refractivity contribution in [3.63, 3.8) is 0 Å². The molecular formula is C11H20N2O. The summed E-state index contributed by atoms with van der Waals surface area (Å²) in [6, 6.07) is 0.349. The van der Waals surface area contributed by atoms with Gasteiger partial charge in [0.15, 0.2) is 0 Å². The summed E-state index contributed by atoms with van der Waals surface area (Å²) in [6.07, 6.45) is 7.83. The Morgan fingerprint density at radius 2 is 2.14 bits per heavy atom. The van der Waals surface area contributed by atoms with E-state index in [4.69, 9.17) is 6.42 Å². The molecular weight excluding hydrogens is 176 g/mol. The maximum Gasteiger partial charge on any atom is 0.233 e. The van der Waals surface area contributed by atoms with E-state index in [2.05, 4.69) is 16.6 Å². The molecule has 0 saturated heterocycles. The van der Waals surface area contributed by atoms with Crippen molar-refractivity contribution < 1.29 is 4.79 Å². The molecule has 0 bridgehead atoms. The molecule has 0 aromatic rings. The highest BCUT2D eigenvalue weighted by molar-refractivity contribution is 5.77. The largest absolute Gasteiger partial charge is 0.355 e. The van der Waals surface area contributed by atoms with Gasteiger partial charge < -0.3 is 10.6 Å². The first-order valence-electron chi connectivity index (χ1n) is 5.10. The van der Waals surface area contributed by atoms with E-state index in [-0.39, 0.29) is 5.91 Å². The molecule has 0 atom stereocenters. The summed E-state index contributed by atoms with van der Waals surface area (Å²) >= 11 is 0. The van der Waals surface area contributed by atoms with Gasteiger partial charge in [-0.2, -0.15) is 0 Å². The number of carbonyl (C=O) groups excluding carboxylic acids is 1. The molecule has 0 rings (SSSR count). The Balaban J connectivity index is 3.24. The van der Waals surface area contributed by atoms with E-state index < -0.39 is 0 Å². The molecule has 1 amide bonds. The molecule has 0 aromatic carbocycles. The highest BCUT2D eigenvalue weighted by atomic mass is 16.1. The van der Waals surface area contributed by atoms with Crippen LogP contribution in [0.1, 0.15) is 33.1 Å². The first-order valence-corrected chi connectivity index (χ1v) is 5.10. The van der Waals surface area contributed by atoms with E-state index in [1.54, 1.807) is 0 Å². The van der Waals surface area contributed by atoms with Gasteiger partial charge in [-0.15, -0.1) is 12.3 Å². The SMILES string of the molecule is C#CCCCCNC(=O)CNC(C)C. The average molecular weight is 196 g/mol. The second-order valence-corrected chi connectivity index (χ2v) is 3.55. The van der Waals surface area contributed by atoms with Crippen LogP contribution in [0.2, 0.25) is 0 Å². The number of rotatable bonds is 7. The summed E-state index contributed by atoms with van der Waals surface area (Å²) in [5.41, 5.74) is 0. The van der Waals surface area contributed by atoms with Crippen LogP contribution in [0.3, 0.4) is 0 Å². The van der Waals surface area contributed by atoms with E-state index in [1.807, 2.05) is 13.8 Å². The van der Waals surface area contributed by atoms with Gasteiger partial charge in [0.2, 0.25) is 5.91 Å². The molecule has 0 aromatic heterocycles. The maximum absolute atomic E-state index is 11.2. The Morgan fingerprint density at radius 1 is 1.43 bits per heavy atom. The number of terminal acetylenes is 1. The minimum absolute atomic E-state index is 0.0550. The first kappa shape index (κ1) is 13.0. The lowest BCUT2D eigenvalue weighted by Gasteiger charge is -2.08. The Labute approximate surface area is 86.6 Å². The number of hydrogen-bond donors (Lipinski definition) is 2. The lowest BCUT2D eigenvalue weighted by atomic mass is 10.2. The van der Waals surface area contributed by atoms with Crippen molar-refractivity contribution in [2.75, 3.05) is 13.1 Å². The van der Waals surface area contributed by atoms with E-state index >= 15 is 0 Å². The van der Waals surface area contributed by atoms with E-state index in [0.717, 1.165) is 25.8 Å². The number of carbonyl (C=O) groups is 1. The smallest absolute Gasteiger partial charge is 0.233 e. The van der Waals surface area contributed by atoms with Crippen molar-refractivity contribution >= 4 is 5.91 Å². The molecule has 0 saturated carbocycles. The summed E-state index contributed by atoms with van der Waals surface area (Å²) in [5, 5.41) is 5.88. The quantitative estimate of drug-likeness (QED) is 0.469. The molecule has 0 radical (unpaired) electrons. The zero-order valence-corrected chi connectivity index (χ0v) is 9.10. The topological polar surface area (TPSA) is 41.1 Å². The second-order valence-electron chi connectivity index (χ2n) is 3.55. The minimum atomic E-state index is 0.0550. The van der Waals surface area contributed by atoms with Gasteiger partial charge in [-0.25, -0.2) is 0 Å². The van der Waals surface area contributed by atoms with Crippen molar-refractivity contribution in [3.8, 4) is 12.3 Å². The van der Waals surface area contributed by atoms with Gasteiger partial charge in [0.05, 0.1) is 6.54 Å². The molecule has 3 heteroatoms. The summed E-state index contributed by atoms with van der Waals surface area (Å²) < 4.78 is 0. The normalized spacial score (nSPS) is 9.86. The van der Waals surface area contributed by atoms with E-state index in [0.29, 0.717) is 12.6 Å². The van der Waals surface area contributed by atoms with Crippen LogP contribution in [0.4, 0.5) is 0 Å². The van der Waals surface area contributed by atoms with Gasteiger partial charge in [0, 0.05) is 19.0 Å². The standard InChI is InChI=1S/C11H20N2O/c1-4-5-6-7-8-12-11(14)9-13-10(2)3/h1,10,13H,5-9H2,2-3H3,(H,12,14). The van der Waals surface area contributed by atoms with Crippen LogP contribution in [0, 0.1) is 12.3 Å². The van der Waals surface area contributed by atoms with E-state index in [9.17, 15) is 4.79 Å². The van der Waals surface area contributed by atoms with Gasteiger partial charge in [-0.1, -0.05) is 13.8 Å². The van der Waals surface area contributed by atoms with Crippen LogP contribution in [0.5, 0.6) is 0 Å². The van der Waals surface area contributed by atoms with Gasteiger partial charge in [0.1, 0.15) is 0 Å². The summed E-state index contributed by atoms with van der Waals surface area (Å²) in [7, 11) is 0. The third kappa shape index (κ3) is 9.08. The molecule has 3 nitrogen and oxygen atoms in total. The highest BCUT2D eigenvalue weighted by Gasteiger charge is 2.00. The lowest BCUT2D eigenvalue weighted by molar-refractivity contribution is -0.120. The molecule has 0 unspecified atom stereocenters. The van der Waals surface area contributed by atoms with Crippen molar-refractivity contribution in [3.05, 3.63) is 0 Å². The van der Waals surface area contributed by atoms with Crippen LogP contribution in [0.25, 0.3) is 0 Å². The number of amides is 1. The molecule has 0 spiro atoms. The van der Waals surface area contributed by atoms with Crippen LogP contribution in [-0.2, 0) is 4.79 Å². The zero-order chi connectivity index (χ0) is 10.8. The van der Waals surface area contributed by atoms with Crippen LogP contribution in [0.15, 0.2) is 0 Å². The predicted octanol–water partition coefficient (Wildman–Crippen LogP) is 0.904. The van der Waals surface area contributed by atoms with Crippen molar-refractivity contribution in [2.45, 2.75) is 39.2 Å². The van der Waals surface area contributed by atoms with Gasteiger partial charge in [-0.05, 0) is 12.8 Å². The monoisotopic (exact) mass is 196 g/mol. The van der Waals surface area contributed by atoms with Gasteiger partial charge in [0.25, 0.3) is 0 Å². The van der Waals surface area contributed by atoms with E-state index in [1.165, 1.54) is 0 Å². The molecule has 0 aliphatic rings. The molecule has 0 aliphatic carbocycles. The Hall–Kier alpha value is -1.01. The second kappa shape index (κ2) is 8.58. The third-order valence-electron chi connectivity index (χ3n) is 1.74. The molecule has 0 aliphatic heterocycles. The van der Waals surface area contributed by atoms with Crippen LogP contribution in [-0.4, -0.2) is 25.0 Å². The van der Waals surface area contributed by atoms with Crippen molar-refractivity contribution in [1.29, 1.82) is 0 Å². The van der Waals surface area contributed by atoms with Gasteiger partial charge in [-0.3, -0.25) is 4.79 Å². The first-order chi connectivity index (χ1) is 6.66. The Morgan fingerprint density at radius 3 is 2.71 bits per heavy atom. The van der Waals surface area contributed by atoms with Crippen LogP contribution < -0.4 is 10.6 Å². The fraction of sp³-hybridized carbons (Fsp3) is 0.727. The zero-order valence-electron chi connectivity index (χ0n) is 9.10. The maximum atomic E-state index is 11.2. The number of nitrogens with one attached hydrogen (secondary N) is 2. The minimum Gasteiger partial charge on any atom is -0.355 e. The summed E-state index contributed by atoms with van der Waals surface area (Å²) in [6.45, 7) is 5.15. The molecule has 2 N–H and O–H groups in total. The molecule has 0 heterocycles. The Kier molecular flexibility index (Phi) is 7.96. The predicted molar refractivity (Wildman–Crippen MR) is 58.8 cm³/mol. The third-order valence-corrected chi connectivity index (χ3v) is 1.74. The fourth-order valence-corrected chi connectivity index (χ4v) is 0.939. The lowest BCUT2D eigenvalue weighted by Crippen LogP contribution is -2.37. The molecule has 14 heavy (non-hydrogen) atoms. The van der Waals surface area contributed by atoms with Crippen LogP contribution >= 0.6 is 0 Å². The Bertz CT molecular complexity index is 194. The number of unbranched alkanes of at least 4 members (excludes halogenated alkanes) is 2. The summed E-state index contributed by atoms with van der Waals surface area (Å²) in [4.78, 5) is 11.2. The average Bonchev–Trinajstić information content (AvgIpc) is 2.14. The summed E-state index contributed by atoms with van der Waals surface area (Å²) in [5.74, 6) is 2.63. The fourth-order valence-electron chi connectivity index (χ4n) is 0.939.